The molecule has 3 nitrogen and oxygen atoms in total. The molecule has 0 atom stereocenters. The highest BCUT2D eigenvalue weighted by atomic mass is 35.5. The van der Waals surface area contributed by atoms with Crippen LogP contribution >= 0.6 is 12.4 Å². The topological polar surface area (TPSA) is 24.5 Å². The Bertz CT molecular complexity index is 378. The maximum atomic E-state index is 5.42. The van der Waals surface area contributed by atoms with E-state index >= 15 is 0 Å². The molecule has 114 valence electrons. The minimum atomic E-state index is 0. The van der Waals surface area contributed by atoms with Crippen LogP contribution in [0.2, 0.25) is 0 Å². The lowest BCUT2D eigenvalue weighted by molar-refractivity contribution is 0.174. The van der Waals surface area contributed by atoms with Crippen LogP contribution in [0.25, 0.3) is 0 Å². The van der Waals surface area contributed by atoms with Crippen molar-refractivity contribution in [3.05, 3.63) is 29.8 Å². The van der Waals surface area contributed by atoms with Crippen molar-refractivity contribution in [1.29, 1.82) is 0 Å². The molecule has 20 heavy (non-hydrogen) atoms. The molecule has 0 amide bonds. The molecule has 0 saturated carbocycles. The molecule has 1 fully saturated rings. The molecule has 4 heteroatoms. The Morgan fingerprint density at radius 1 is 1.25 bits per heavy atom. The van der Waals surface area contributed by atoms with Gasteiger partial charge in [-0.3, -0.25) is 4.90 Å². The first-order valence-electron chi connectivity index (χ1n) is 7.38. The number of piperidine rings is 1. The number of ether oxygens (including phenoxy) is 1. The lowest BCUT2D eigenvalue weighted by Crippen LogP contribution is -2.36. The Hall–Kier alpha value is -0.770. The minimum absolute atomic E-state index is 0. The molecule has 1 heterocycles. The Morgan fingerprint density at radius 3 is 2.60 bits per heavy atom. The van der Waals surface area contributed by atoms with Gasteiger partial charge in [-0.1, -0.05) is 25.1 Å². The van der Waals surface area contributed by atoms with Crippen LogP contribution in [0.1, 0.15) is 25.3 Å². The van der Waals surface area contributed by atoms with Crippen LogP contribution in [0.5, 0.6) is 5.75 Å². The van der Waals surface area contributed by atoms with Gasteiger partial charge in [-0.2, -0.15) is 0 Å². The lowest BCUT2D eigenvalue weighted by Gasteiger charge is -2.32. The van der Waals surface area contributed by atoms with E-state index in [0.29, 0.717) is 0 Å². The average molecular weight is 299 g/mol. The van der Waals surface area contributed by atoms with Gasteiger partial charge in [-0.15, -0.1) is 12.4 Å². The number of likely N-dealkylation sites (tertiary alicyclic amines) is 1. The summed E-state index contributed by atoms with van der Waals surface area (Å²) in [7, 11) is 1.75. The highest BCUT2D eigenvalue weighted by Gasteiger charge is 2.19. The molecule has 1 N–H and O–H groups in total. The maximum absolute atomic E-state index is 5.42. The van der Waals surface area contributed by atoms with Gasteiger partial charge in [0.25, 0.3) is 0 Å². The summed E-state index contributed by atoms with van der Waals surface area (Å²) in [4.78, 5) is 2.54. The fourth-order valence-corrected chi connectivity index (χ4v) is 2.77. The van der Waals surface area contributed by atoms with E-state index in [1.165, 1.54) is 38.0 Å². The third kappa shape index (κ3) is 4.97. The standard InChI is InChI=1S/C16H26N2O.ClH/c1-3-17-12-14-8-10-18(11-9-14)13-15-6-4-5-7-16(15)19-2;/h4-7,14,17H,3,8-13H2,1-2H3;1H. The normalized spacial score (nSPS) is 16.7. The van der Waals surface area contributed by atoms with Gasteiger partial charge in [0, 0.05) is 12.1 Å². The van der Waals surface area contributed by atoms with E-state index in [1.807, 2.05) is 12.1 Å². The first-order chi connectivity index (χ1) is 9.33. The fraction of sp³-hybridized carbons (Fsp3) is 0.625. The molecule has 0 unspecified atom stereocenters. The Morgan fingerprint density at radius 2 is 1.95 bits per heavy atom. The van der Waals surface area contributed by atoms with Gasteiger partial charge in [0.2, 0.25) is 0 Å². The number of methoxy groups -OCH3 is 1. The Labute approximate surface area is 129 Å². The summed E-state index contributed by atoms with van der Waals surface area (Å²) in [6.45, 7) is 7.86. The molecular formula is C16H27ClN2O. The molecular weight excluding hydrogens is 272 g/mol. The molecule has 2 rings (SSSR count). The molecule has 0 radical (unpaired) electrons. The zero-order valence-electron chi connectivity index (χ0n) is 12.6. The fourth-order valence-electron chi connectivity index (χ4n) is 2.77. The quantitative estimate of drug-likeness (QED) is 0.874. The largest absolute Gasteiger partial charge is 0.496 e. The van der Waals surface area contributed by atoms with Crippen LogP contribution in [0, 0.1) is 5.92 Å². The minimum Gasteiger partial charge on any atom is -0.496 e. The number of hydrogen-bond acceptors (Lipinski definition) is 3. The zero-order valence-corrected chi connectivity index (χ0v) is 13.4. The van der Waals surface area contributed by atoms with Crippen molar-refractivity contribution < 1.29 is 4.74 Å². The first kappa shape index (κ1) is 17.3. The maximum Gasteiger partial charge on any atom is 0.123 e. The van der Waals surface area contributed by atoms with Crippen LogP contribution in [0.15, 0.2) is 24.3 Å². The van der Waals surface area contributed by atoms with Crippen molar-refractivity contribution >= 4 is 12.4 Å². The molecule has 1 aliphatic heterocycles. The van der Waals surface area contributed by atoms with Gasteiger partial charge in [0.05, 0.1) is 7.11 Å². The first-order valence-corrected chi connectivity index (χ1v) is 7.38. The zero-order chi connectivity index (χ0) is 13.5. The summed E-state index contributed by atoms with van der Waals surface area (Å²) < 4.78 is 5.42. The number of rotatable bonds is 6. The molecule has 1 saturated heterocycles. The Kier molecular flexibility index (Phi) is 7.97. The van der Waals surface area contributed by atoms with E-state index in [0.717, 1.165) is 24.8 Å². The summed E-state index contributed by atoms with van der Waals surface area (Å²) in [5, 5.41) is 3.46. The van der Waals surface area contributed by atoms with Crippen LogP contribution < -0.4 is 10.1 Å². The summed E-state index contributed by atoms with van der Waals surface area (Å²) in [5.41, 5.74) is 1.30. The van der Waals surface area contributed by atoms with Crippen LogP contribution in [-0.2, 0) is 6.54 Å². The summed E-state index contributed by atoms with van der Waals surface area (Å²) >= 11 is 0. The van der Waals surface area contributed by atoms with Gasteiger partial charge >= 0.3 is 0 Å². The van der Waals surface area contributed by atoms with Crippen molar-refractivity contribution in [3.63, 3.8) is 0 Å². The van der Waals surface area contributed by atoms with Crippen LogP contribution in [-0.4, -0.2) is 38.2 Å². The predicted octanol–water partition coefficient (Wildman–Crippen LogP) is 2.94. The smallest absolute Gasteiger partial charge is 0.123 e. The second-order valence-electron chi connectivity index (χ2n) is 5.34. The number of nitrogens with zero attached hydrogens (tertiary/aromatic N) is 1. The van der Waals surface area contributed by atoms with E-state index in [-0.39, 0.29) is 12.4 Å². The lowest BCUT2D eigenvalue weighted by atomic mass is 9.96. The van der Waals surface area contributed by atoms with E-state index in [4.69, 9.17) is 4.74 Å². The molecule has 1 aromatic rings. The van der Waals surface area contributed by atoms with Gasteiger partial charge in [-0.25, -0.2) is 0 Å². The second kappa shape index (κ2) is 9.22. The van der Waals surface area contributed by atoms with Crippen molar-refractivity contribution in [2.45, 2.75) is 26.3 Å². The van der Waals surface area contributed by atoms with Crippen molar-refractivity contribution in [3.8, 4) is 5.75 Å². The summed E-state index contributed by atoms with van der Waals surface area (Å²) in [6.07, 6.45) is 2.62. The molecule has 0 aromatic heterocycles. The third-order valence-corrected chi connectivity index (χ3v) is 3.98. The monoisotopic (exact) mass is 298 g/mol. The van der Waals surface area contributed by atoms with E-state index in [9.17, 15) is 0 Å². The van der Waals surface area contributed by atoms with Crippen molar-refractivity contribution in [2.24, 2.45) is 5.92 Å². The van der Waals surface area contributed by atoms with Gasteiger partial charge < -0.3 is 10.1 Å². The SMILES string of the molecule is CCNCC1CCN(Cc2ccccc2OC)CC1.Cl. The second-order valence-corrected chi connectivity index (χ2v) is 5.34. The van der Waals surface area contributed by atoms with Gasteiger partial charge in [-0.05, 0) is 51.0 Å². The van der Waals surface area contributed by atoms with Crippen molar-refractivity contribution in [2.75, 3.05) is 33.3 Å². The number of hydrogen-bond donors (Lipinski definition) is 1. The molecule has 0 aliphatic carbocycles. The molecule has 1 aliphatic rings. The highest BCUT2D eigenvalue weighted by Crippen LogP contribution is 2.23. The van der Waals surface area contributed by atoms with E-state index < -0.39 is 0 Å². The third-order valence-electron chi connectivity index (χ3n) is 3.98. The van der Waals surface area contributed by atoms with E-state index in [1.54, 1.807) is 7.11 Å². The van der Waals surface area contributed by atoms with Crippen LogP contribution in [0.3, 0.4) is 0 Å². The summed E-state index contributed by atoms with van der Waals surface area (Å²) in [6, 6.07) is 8.34. The van der Waals surface area contributed by atoms with Crippen molar-refractivity contribution in [1.82, 2.24) is 10.2 Å². The Balaban J connectivity index is 0.00000200. The summed E-state index contributed by atoms with van der Waals surface area (Å²) in [5.74, 6) is 1.87. The van der Waals surface area contributed by atoms with Gasteiger partial charge in [0.15, 0.2) is 0 Å². The molecule has 0 spiro atoms. The highest BCUT2D eigenvalue weighted by molar-refractivity contribution is 5.85. The van der Waals surface area contributed by atoms with Crippen LogP contribution in [0.4, 0.5) is 0 Å². The van der Waals surface area contributed by atoms with E-state index in [2.05, 4.69) is 29.3 Å². The number of halogens is 1. The molecule has 1 aromatic carbocycles. The van der Waals surface area contributed by atoms with Gasteiger partial charge in [0.1, 0.15) is 5.75 Å². The number of nitrogens with one attached hydrogen (secondary N) is 1. The average Bonchev–Trinajstić information content (AvgIpc) is 2.47. The number of para-hydroxylation sites is 1. The molecule has 0 bridgehead atoms. The number of benzene rings is 1. The predicted molar refractivity (Wildman–Crippen MR) is 86.8 cm³/mol.